The van der Waals surface area contributed by atoms with E-state index in [2.05, 4.69) is 28.2 Å². The number of amides is 1. The van der Waals surface area contributed by atoms with Crippen LogP contribution in [0.1, 0.15) is 30.1 Å². The Bertz CT molecular complexity index is 464. The molecule has 1 aromatic carbocycles. The standard InChI is InChI=1S/C14H18BrClN2O.ClH/c1-2-7-18(11-5-6-17-9-11)14(19)10-3-4-12(15)13(16)8-10;/h3-4,8,11,17H,2,5-7,9H2,1H3;1H. The first-order chi connectivity index (χ1) is 9.13. The van der Waals surface area contributed by atoms with Crippen LogP contribution in [0.2, 0.25) is 5.02 Å². The molecular formula is C14H19BrCl2N2O. The Labute approximate surface area is 139 Å². The molecule has 1 saturated heterocycles. The zero-order chi connectivity index (χ0) is 13.8. The average Bonchev–Trinajstić information content (AvgIpc) is 2.92. The second-order valence-electron chi connectivity index (χ2n) is 4.77. The molecular weight excluding hydrogens is 363 g/mol. The van der Waals surface area contributed by atoms with Gasteiger partial charge in [-0.25, -0.2) is 0 Å². The van der Waals surface area contributed by atoms with Crippen molar-refractivity contribution < 1.29 is 4.79 Å². The number of hydrogen-bond donors (Lipinski definition) is 1. The summed E-state index contributed by atoms with van der Waals surface area (Å²) >= 11 is 9.42. The average molecular weight is 382 g/mol. The van der Waals surface area contributed by atoms with Crippen LogP contribution in [0, 0.1) is 0 Å². The number of carbonyl (C=O) groups is 1. The summed E-state index contributed by atoms with van der Waals surface area (Å²) in [5.41, 5.74) is 0.661. The molecule has 0 spiro atoms. The molecule has 1 aliphatic heterocycles. The molecule has 1 N–H and O–H groups in total. The summed E-state index contributed by atoms with van der Waals surface area (Å²) in [5, 5.41) is 3.89. The molecule has 2 rings (SSSR count). The molecule has 1 aliphatic rings. The second kappa shape index (κ2) is 8.23. The number of halogens is 3. The van der Waals surface area contributed by atoms with E-state index in [4.69, 9.17) is 11.6 Å². The molecule has 0 radical (unpaired) electrons. The first-order valence-corrected chi connectivity index (χ1v) is 7.77. The van der Waals surface area contributed by atoms with Crippen LogP contribution in [-0.4, -0.2) is 36.5 Å². The first-order valence-electron chi connectivity index (χ1n) is 6.60. The summed E-state index contributed by atoms with van der Waals surface area (Å²) in [6.07, 6.45) is 1.99. The Hall–Kier alpha value is -0.290. The molecule has 1 unspecified atom stereocenters. The van der Waals surface area contributed by atoms with Gasteiger partial charge in [0.25, 0.3) is 5.91 Å². The third-order valence-corrected chi connectivity index (χ3v) is 4.60. The van der Waals surface area contributed by atoms with Crippen molar-refractivity contribution in [2.75, 3.05) is 19.6 Å². The van der Waals surface area contributed by atoms with E-state index in [0.29, 0.717) is 16.6 Å². The predicted molar refractivity (Wildman–Crippen MR) is 89.0 cm³/mol. The van der Waals surface area contributed by atoms with E-state index in [0.717, 1.165) is 36.9 Å². The normalized spacial score (nSPS) is 17.6. The smallest absolute Gasteiger partial charge is 0.254 e. The summed E-state index contributed by atoms with van der Waals surface area (Å²) in [6, 6.07) is 5.68. The SMILES string of the molecule is CCCN(C(=O)c1ccc(Br)c(Cl)c1)C1CCNC1.Cl. The van der Waals surface area contributed by atoms with Gasteiger partial charge in [0.05, 0.1) is 5.02 Å². The van der Waals surface area contributed by atoms with Gasteiger partial charge in [-0.15, -0.1) is 12.4 Å². The van der Waals surface area contributed by atoms with E-state index in [1.54, 1.807) is 6.07 Å². The molecule has 0 bridgehead atoms. The quantitative estimate of drug-likeness (QED) is 0.861. The lowest BCUT2D eigenvalue weighted by Gasteiger charge is -2.28. The highest BCUT2D eigenvalue weighted by Gasteiger charge is 2.26. The van der Waals surface area contributed by atoms with Crippen LogP contribution in [0.3, 0.4) is 0 Å². The van der Waals surface area contributed by atoms with Gasteiger partial charge in [0, 0.05) is 29.2 Å². The molecule has 0 aliphatic carbocycles. The van der Waals surface area contributed by atoms with Crippen molar-refractivity contribution in [3.05, 3.63) is 33.3 Å². The van der Waals surface area contributed by atoms with Gasteiger partial charge in [-0.3, -0.25) is 4.79 Å². The summed E-state index contributed by atoms with van der Waals surface area (Å²) in [7, 11) is 0. The largest absolute Gasteiger partial charge is 0.334 e. The molecule has 112 valence electrons. The highest BCUT2D eigenvalue weighted by molar-refractivity contribution is 9.10. The van der Waals surface area contributed by atoms with Crippen LogP contribution in [0.5, 0.6) is 0 Å². The highest BCUT2D eigenvalue weighted by Crippen LogP contribution is 2.24. The van der Waals surface area contributed by atoms with Gasteiger partial charge in [0.2, 0.25) is 0 Å². The van der Waals surface area contributed by atoms with Crippen molar-refractivity contribution in [1.82, 2.24) is 10.2 Å². The molecule has 1 heterocycles. The molecule has 1 fully saturated rings. The van der Waals surface area contributed by atoms with Crippen molar-refractivity contribution in [1.29, 1.82) is 0 Å². The van der Waals surface area contributed by atoms with Gasteiger partial charge in [0.1, 0.15) is 0 Å². The zero-order valence-electron chi connectivity index (χ0n) is 11.4. The monoisotopic (exact) mass is 380 g/mol. The third kappa shape index (κ3) is 4.10. The van der Waals surface area contributed by atoms with Gasteiger partial charge < -0.3 is 10.2 Å². The van der Waals surface area contributed by atoms with Gasteiger partial charge in [0.15, 0.2) is 0 Å². The molecule has 1 aromatic rings. The Balaban J connectivity index is 0.00000200. The maximum Gasteiger partial charge on any atom is 0.254 e. The number of nitrogens with zero attached hydrogens (tertiary/aromatic N) is 1. The van der Waals surface area contributed by atoms with Gasteiger partial charge in [-0.1, -0.05) is 18.5 Å². The summed E-state index contributed by atoms with van der Waals surface area (Å²) in [5.74, 6) is 0.0740. The highest BCUT2D eigenvalue weighted by atomic mass is 79.9. The fourth-order valence-electron chi connectivity index (χ4n) is 2.39. The minimum absolute atomic E-state index is 0. The summed E-state index contributed by atoms with van der Waals surface area (Å²) < 4.78 is 0.815. The van der Waals surface area contributed by atoms with Crippen molar-refractivity contribution in [2.24, 2.45) is 0 Å². The van der Waals surface area contributed by atoms with Crippen molar-refractivity contribution >= 4 is 45.8 Å². The Morgan fingerprint density at radius 3 is 2.85 bits per heavy atom. The van der Waals surface area contributed by atoms with Gasteiger partial charge in [-0.2, -0.15) is 0 Å². The summed E-state index contributed by atoms with van der Waals surface area (Å²) in [4.78, 5) is 14.6. The topological polar surface area (TPSA) is 32.3 Å². The maximum atomic E-state index is 12.6. The minimum atomic E-state index is 0. The predicted octanol–water partition coefficient (Wildman–Crippen LogP) is 3.74. The van der Waals surface area contributed by atoms with E-state index < -0.39 is 0 Å². The second-order valence-corrected chi connectivity index (χ2v) is 6.04. The fourth-order valence-corrected chi connectivity index (χ4v) is 2.82. The van der Waals surface area contributed by atoms with Crippen molar-refractivity contribution in [2.45, 2.75) is 25.8 Å². The maximum absolute atomic E-state index is 12.6. The molecule has 3 nitrogen and oxygen atoms in total. The third-order valence-electron chi connectivity index (χ3n) is 3.37. The number of nitrogens with one attached hydrogen (secondary N) is 1. The van der Waals surface area contributed by atoms with E-state index in [9.17, 15) is 4.79 Å². The number of carbonyl (C=O) groups excluding carboxylic acids is 1. The molecule has 0 aromatic heterocycles. The lowest BCUT2D eigenvalue weighted by molar-refractivity contribution is 0.0692. The van der Waals surface area contributed by atoms with Crippen LogP contribution in [0.4, 0.5) is 0 Å². The first kappa shape index (κ1) is 17.8. The molecule has 20 heavy (non-hydrogen) atoms. The Morgan fingerprint density at radius 1 is 1.55 bits per heavy atom. The zero-order valence-corrected chi connectivity index (χ0v) is 14.5. The fraction of sp³-hybridized carbons (Fsp3) is 0.500. The molecule has 0 saturated carbocycles. The van der Waals surface area contributed by atoms with E-state index >= 15 is 0 Å². The van der Waals surface area contributed by atoms with Crippen LogP contribution in [0.25, 0.3) is 0 Å². The minimum Gasteiger partial charge on any atom is -0.334 e. The van der Waals surface area contributed by atoms with Crippen LogP contribution >= 0.6 is 39.9 Å². The molecule has 6 heteroatoms. The van der Waals surface area contributed by atoms with Crippen molar-refractivity contribution in [3.8, 4) is 0 Å². The van der Waals surface area contributed by atoms with Crippen molar-refractivity contribution in [3.63, 3.8) is 0 Å². The lowest BCUT2D eigenvalue weighted by Crippen LogP contribution is -2.42. The van der Waals surface area contributed by atoms with E-state index in [-0.39, 0.29) is 18.3 Å². The molecule has 1 amide bonds. The van der Waals surface area contributed by atoms with Gasteiger partial charge >= 0.3 is 0 Å². The Morgan fingerprint density at radius 2 is 2.30 bits per heavy atom. The van der Waals surface area contributed by atoms with Crippen LogP contribution in [0.15, 0.2) is 22.7 Å². The van der Waals surface area contributed by atoms with E-state index in [1.165, 1.54) is 0 Å². The molecule has 1 atom stereocenters. The number of hydrogen-bond acceptors (Lipinski definition) is 2. The number of benzene rings is 1. The van der Waals surface area contributed by atoms with E-state index in [1.807, 2.05) is 17.0 Å². The Kier molecular flexibility index (Phi) is 7.30. The van der Waals surface area contributed by atoms with Crippen LogP contribution in [-0.2, 0) is 0 Å². The van der Waals surface area contributed by atoms with Gasteiger partial charge in [-0.05, 0) is 53.5 Å². The number of rotatable bonds is 4. The lowest BCUT2D eigenvalue weighted by atomic mass is 10.1. The summed E-state index contributed by atoms with van der Waals surface area (Å²) in [6.45, 7) is 4.76. The van der Waals surface area contributed by atoms with Crippen LogP contribution < -0.4 is 5.32 Å².